The third-order valence-electron chi connectivity index (χ3n) is 4.56. The summed E-state index contributed by atoms with van der Waals surface area (Å²) in [4.78, 5) is 24.5. The predicted molar refractivity (Wildman–Crippen MR) is 111 cm³/mol. The smallest absolute Gasteiger partial charge is 0.251 e. The van der Waals surface area contributed by atoms with Crippen molar-refractivity contribution in [3.63, 3.8) is 0 Å². The van der Waals surface area contributed by atoms with E-state index in [0.717, 1.165) is 12.0 Å². The van der Waals surface area contributed by atoms with Gasteiger partial charge in [-0.05, 0) is 60.4 Å². The van der Waals surface area contributed by atoms with Gasteiger partial charge in [0.05, 0.1) is 0 Å². The highest BCUT2D eigenvalue weighted by Crippen LogP contribution is 2.06. The van der Waals surface area contributed by atoms with E-state index in [2.05, 4.69) is 10.6 Å². The number of carbonyl (C=O) groups is 2. The number of hydrogen-bond donors (Lipinski definition) is 2. The quantitative estimate of drug-likeness (QED) is 0.615. The summed E-state index contributed by atoms with van der Waals surface area (Å²) < 4.78 is 12.9. The molecule has 0 unspecified atom stereocenters. The lowest BCUT2D eigenvalue weighted by atomic mass is 10.1. The van der Waals surface area contributed by atoms with Gasteiger partial charge in [-0.3, -0.25) is 9.59 Å². The van der Waals surface area contributed by atoms with E-state index in [4.69, 9.17) is 0 Å². The highest BCUT2D eigenvalue weighted by molar-refractivity contribution is 5.97. The molecule has 0 radical (unpaired) electrons. The lowest BCUT2D eigenvalue weighted by molar-refractivity contribution is 0.0942. The molecule has 0 fully saturated rings. The average Bonchev–Trinajstić information content (AvgIpc) is 2.76. The Balaban J connectivity index is 1.44. The SMILES string of the molecule is O=C(NCCc1ccccc1)c1ccc(C(=O)NCCc2ccc(F)cc2)cc1. The Morgan fingerprint density at radius 2 is 1.07 bits per heavy atom. The number of carbonyl (C=O) groups excluding carboxylic acids is 2. The van der Waals surface area contributed by atoms with Crippen LogP contribution < -0.4 is 10.6 Å². The van der Waals surface area contributed by atoms with E-state index < -0.39 is 0 Å². The molecule has 0 saturated heterocycles. The Labute approximate surface area is 169 Å². The molecule has 0 heterocycles. The van der Waals surface area contributed by atoms with Crippen molar-refractivity contribution in [2.24, 2.45) is 0 Å². The van der Waals surface area contributed by atoms with Crippen molar-refractivity contribution in [1.29, 1.82) is 0 Å². The van der Waals surface area contributed by atoms with Gasteiger partial charge < -0.3 is 10.6 Å². The maximum absolute atomic E-state index is 12.9. The molecule has 0 atom stereocenters. The Morgan fingerprint density at radius 3 is 1.55 bits per heavy atom. The van der Waals surface area contributed by atoms with E-state index >= 15 is 0 Å². The molecular weight excluding hydrogens is 367 g/mol. The van der Waals surface area contributed by atoms with Gasteiger partial charge in [-0.15, -0.1) is 0 Å². The van der Waals surface area contributed by atoms with Crippen molar-refractivity contribution >= 4 is 11.8 Å². The first-order valence-corrected chi connectivity index (χ1v) is 9.56. The molecule has 0 bridgehead atoms. The van der Waals surface area contributed by atoms with E-state index in [1.165, 1.54) is 17.7 Å². The topological polar surface area (TPSA) is 58.2 Å². The number of halogens is 1. The molecule has 0 aromatic heterocycles. The van der Waals surface area contributed by atoms with Crippen LogP contribution in [0.25, 0.3) is 0 Å². The van der Waals surface area contributed by atoms with Crippen LogP contribution in [0.4, 0.5) is 4.39 Å². The van der Waals surface area contributed by atoms with E-state index in [1.54, 1.807) is 36.4 Å². The van der Waals surface area contributed by atoms with Gasteiger partial charge in [0.15, 0.2) is 0 Å². The Hall–Kier alpha value is -3.47. The molecule has 3 aromatic carbocycles. The maximum atomic E-state index is 12.9. The van der Waals surface area contributed by atoms with E-state index in [0.29, 0.717) is 30.6 Å². The van der Waals surface area contributed by atoms with Crippen LogP contribution in [0.3, 0.4) is 0 Å². The number of rotatable bonds is 8. The molecule has 148 valence electrons. The molecular formula is C24H23FN2O2. The molecule has 2 N–H and O–H groups in total. The van der Waals surface area contributed by atoms with Crippen molar-refractivity contribution in [2.75, 3.05) is 13.1 Å². The number of hydrogen-bond acceptors (Lipinski definition) is 2. The van der Waals surface area contributed by atoms with Gasteiger partial charge in [-0.1, -0.05) is 42.5 Å². The summed E-state index contributed by atoms with van der Waals surface area (Å²) in [5.41, 5.74) is 3.13. The fraction of sp³-hybridized carbons (Fsp3) is 0.167. The maximum Gasteiger partial charge on any atom is 0.251 e. The lowest BCUT2D eigenvalue weighted by Gasteiger charge is -2.08. The fourth-order valence-corrected chi connectivity index (χ4v) is 2.91. The molecule has 29 heavy (non-hydrogen) atoms. The molecule has 3 aromatic rings. The van der Waals surface area contributed by atoms with Gasteiger partial charge >= 0.3 is 0 Å². The lowest BCUT2D eigenvalue weighted by Crippen LogP contribution is -2.27. The molecule has 0 spiro atoms. The molecule has 0 saturated carbocycles. The van der Waals surface area contributed by atoms with Gasteiger partial charge in [0.2, 0.25) is 0 Å². The Morgan fingerprint density at radius 1 is 0.621 bits per heavy atom. The van der Waals surface area contributed by atoms with Gasteiger partial charge in [-0.2, -0.15) is 0 Å². The van der Waals surface area contributed by atoms with Crippen molar-refractivity contribution in [1.82, 2.24) is 10.6 Å². The van der Waals surface area contributed by atoms with E-state index in [1.807, 2.05) is 30.3 Å². The molecule has 0 aliphatic rings. The first-order valence-electron chi connectivity index (χ1n) is 9.56. The minimum atomic E-state index is -0.276. The molecule has 4 nitrogen and oxygen atoms in total. The number of amides is 2. The monoisotopic (exact) mass is 390 g/mol. The second-order valence-electron chi connectivity index (χ2n) is 6.70. The van der Waals surface area contributed by atoms with Crippen LogP contribution in [0.2, 0.25) is 0 Å². The molecule has 2 amide bonds. The summed E-state index contributed by atoms with van der Waals surface area (Å²) in [6.07, 6.45) is 1.38. The Kier molecular flexibility index (Phi) is 7.11. The minimum Gasteiger partial charge on any atom is -0.352 e. The van der Waals surface area contributed by atoms with Gasteiger partial charge in [0.25, 0.3) is 11.8 Å². The highest BCUT2D eigenvalue weighted by Gasteiger charge is 2.08. The zero-order valence-corrected chi connectivity index (χ0v) is 16.0. The van der Waals surface area contributed by atoms with Crippen LogP contribution in [0.15, 0.2) is 78.9 Å². The largest absolute Gasteiger partial charge is 0.352 e. The van der Waals surface area contributed by atoms with Gasteiger partial charge in [0, 0.05) is 24.2 Å². The standard InChI is InChI=1S/C24H23FN2O2/c25-22-12-6-19(7-13-22)15-17-27-24(29)21-10-8-20(9-11-21)23(28)26-16-14-18-4-2-1-3-5-18/h1-13H,14-17H2,(H,26,28)(H,27,29). The second-order valence-corrected chi connectivity index (χ2v) is 6.70. The molecule has 0 aliphatic heterocycles. The highest BCUT2D eigenvalue weighted by atomic mass is 19.1. The zero-order valence-electron chi connectivity index (χ0n) is 16.0. The van der Waals surface area contributed by atoms with Gasteiger partial charge in [0.1, 0.15) is 5.82 Å². The van der Waals surface area contributed by atoms with Crippen molar-refractivity contribution in [3.8, 4) is 0 Å². The van der Waals surface area contributed by atoms with E-state index in [9.17, 15) is 14.0 Å². The number of benzene rings is 3. The van der Waals surface area contributed by atoms with Crippen molar-refractivity contribution < 1.29 is 14.0 Å². The number of nitrogens with one attached hydrogen (secondary N) is 2. The Bertz CT molecular complexity index is 939. The van der Waals surface area contributed by atoms with Crippen LogP contribution in [0.5, 0.6) is 0 Å². The second kappa shape index (κ2) is 10.2. The minimum absolute atomic E-state index is 0.163. The molecule has 0 aliphatic carbocycles. The van der Waals surface area contributed by atoms with Crippen molar-refractivity contribution in [3.05, 3.63) is 107 Å². The molecule has 5 heteroatoms. The summed E-state index contributed by atoms with van der Waals surface area (Å²) in [5, 5.41) is 5.72. The van der Waals surface area contributed by atoms with Crippen LogP contribution in [-0.2, 0) is 12.8 Å². The third kappa shape index (κ3) is 6.28. The van der Waals surface area contributed by atoms with Crippen LogP contribution in [0, 0.1) is 5.82 Å². The van der Waals surface area contributed by atoms with Gasteiger partial charge in [-0.25, -0.2) is 4.39 Å². The summed E-state index contributed by atoms with van der Waals surface area (Å²) >= 11 is 0. The van der Waals surface area contributed by atoms with Crippen molar-refractivity contribution in [2.45, 2.75) is 12.8 Å². The first kappa shape index (κ1) is 20.3. The average molecular weight is 390 g/mol. The summed E-state index contributed by atoms with van der Waals surface area (Å²) in [6, 6.07) is 22.7. The fourth-order valence-electron chi connectivity index (χ4n) is 2.91. The first-order chi connectivity index (χ1) is 14.1. The normalized spacial score (nSPS) is 10.4. The summed E-state index contributed by atoms with van der Waals surface area (Å²) in [5.74, 6) is -0.644. The van der Waals surface area contributed by atoms with Crippen LogP contribution >= 0.6 is 0 Å². The zero-order chi connectivity index (χ0) is 20.5. The predicted octanol–water partition coefficient (Wildman–Crippen LogP) is 3.77. The summed E-state index contributed by atoms with van der Waals surface area (Å²) in [6.45, 7) is 1.00. The molecule has 3 rings (SSSR count). The van der Waals surface area contributed by atoms with E-state index in [-0.39, 0.29) is 17.6 Å². The van der Waals surface area contributed by atoms with Crippen LogP contribution in [-0.4, -0.2) is 24.9 Å². The summed E-state index contributed by atoms with van der Waals surface area (Å²) in [7, 11) is 0. The van der Waals surface area contributed by atoms with Crippen LogP contribution in [0.1, 0.15) is 31.8 Å². The third-order valence-corrected chi connectivity index (χ3v) is 4.56.